The lowest BCUT2D eigenvalue weighted by Crippen LogP contribution is -2.14. The summed E-state index contributed by atoms with van der Waals surface area (Å²) < 4.78 is 4.80. The van der Waals surface area contributed by atoms with Crippen LogP contribution >= 0.6 is 0 Å². The van der Waals surface area contributed by atoms with Crippen LogP contribution in [0.3, 0.4) is 0 Å². The molecule has 1 unspecified atom stereocenters. The fourth-order valence-electron chi connectivity index (χ4n) is 1.78. The monoisotopic (exact) mass is 226 g/mol. The maximum atomic E-state index is 11.6. The number of allylic oxidation sites excluding steroid dienone is 1. The zero-order chi connectivity index (χ0) is 12.3. The molecule has 1 atom stereocenters. The molecule has 0 heterocycles. The first-order chi connectivity index (χ1) is 7.47. The molecule has 0 saturated heterocycles. The number of hydrogen-bond donors (Lipinski definition) is 1. The molecule has 0 saturated carbocycles. The van der Waals surface area contributed by atoms with Crippen molar-refractivity contribution in [1.82, 2.24) is 0 Å². The Balaban J connectivity index is 2.78. The number of rotatable bonds is 4. The molecule has 0 aromatic heterocycles. The van der Waals surface area contributed by atoms with Crippen LogP contribution < -0.4 is 0 Å². The van der Waals surface area contributed by atoms with E-state index in [-0.39, 0.29) is 25.2 Å². The number of Topliss-reactive ketones (excluding diaryl/α,β-unsaturated/α-hetero) is 1. The maximum absolute atomic E-state index is 11.6. The third kappa shape index (κ3) is 2.48. The molecule has 0 aliphatic heterocycles. The Kier molecular flexibility index (Phi) is 3.82. The van der Waals surface area contributed by atoms with Gasteiger partial charge in [-0.2, -0.15) is 0 Å². The maximum Gasteiger partial charge on any atom is 0.334 e. The Hall–Kier alpha value is -1.65. The quantitative estimate of drug-likeness (QED) is 0.721. The molecule has 0 aromatic carbocycles. The molecular formula is C11H14O5. The second kappa shape index (κ2) is 4.92. The highest BCUT2D eigenvalue weighted by atomic mass is 16.5. The highest BCUT2D eigenvalue weighted by molar-refractivity contribution is 6.09. The highest BCUT2D eigenvalue weighted by Crippen LogP contribution is 2.31. The number of hydrogen-bond acceptors (Lipinski definition) is 4. The second-order valence-corrected chi connectivity index (χ2v) is 3.69. The average Bonchev–Trinajstić information content (AvgIpc) is 2.46. The number of carbonyl (C=O) groups excluding carboxylic acids is 2. The number of aliphatic carboxylic acids is 1. The van der Waals surface area contributed by atoms with Crippen molar-refractivity contribution in [2.45, 2.75) is 26.7 Å². The van der Waals surface area contributed by atoms with Crippen LogP contribution in [0.15, 0.2) is 11.1 Å². The molecule has 0 fully saturated rings. The van der Waals surface area contributed by atoms with Gasteiger partial charge in [-0.1, -0.05) is 0 Å². The minimum Gasteiger partial charge on any atom is -0.481 e. The molecular weight excluding hydrogens is 212 g/mol. The molecule has 0 bridgehead atoms. The minimum absolute atomic E-state index is 0.176. The molecule has 0 radical (unpaired) electrons. The van der Waals surface area contributed by atoms with Crippen LogP contribution in [-0.4, -0.2) is 29.4 Å². The Bertz CT molecular complexity index is 367. The summed E-state index contributed by atoms with van der Waals surface area (Å²) in [5, 5.41) is 8.62. The third-order valence-electron chi connectivity index (χ3n) is 2.59. The van der Waals surface area contributed by atoms with Crippen molar-refractivity contribution in [1.29, 1.82) is 0 Å². The second-order valence-electron chi connectivity index (χ2n) is 3.69. The van der Waals surface area contributed by atoms with Crippen LogP contribution in [-0.2, 0) is 19.1 Å². The molecule has 16 heavy (non-hydrogen) atoms. The van der Waals surface area contributed by atoms with Crippen LogP contribution in [0.2, 0.25) is 0 Å². The van der Waals surface area contributed by atoms with Crippen LogP contribution in [0.5, 0.6) is 0 Å². The van der Waals surface area contributed by atoms with Crippen LogP contribution in [0.4, 0.5) is 0 Å². The van der Waals surface area contributed by atoms with Gasteiger partial charge in [0.2, 0.25) is 0 Å². The van der Waals surface area contributed by atoms with Crippen LogP contribution in [0.1, 0.15) is 26.7 Å². The van der Waals surface area contributed by atoms with Crippen molar-refractivity contribution >= 4 is 17.7 Å². The standard InChI is InChI=1S/C11H14O5/c1-3-16-11(15)8-4-7(5-9(12)13)10(14)6(8)2/h7H,3-5H2,1-2H3,(H,12,13). The number of esters is 1. The summed E-state index contributed by atoms with van der Waals surface area (Å²) in [6.07, 6.45) is -0.0606. The molecule has 88 valence electrons. The fraction of sp³-hybridized carbons (Fsp3) is 0.545. The number of ketones is 1. The highest BCUT2D eigenvalue weighted by Gasteiger charge is 2.35. The van der Waals surface area contributed by atoms with Gasteiger partial charge in [0.1, 0.15) is 0 Å². The lowest BCUT2D eigenvalue weighted by atomic mass is 10.00. The first kappa shape index (κ1) is 12.4. The average molecular weight is 226 g/mol. The first-order valence-corrected chi connectivity index (χ1v) is 5.10. The van der Waals surface area contributed by atoms with Gasteiger partial charge in [-0.05, 0) is 20.3 Å². The molecule has 0 spiro atoms. The largest absolute Gasteiger partial charge is 0.481 e. The Morgan fingerprint density at radius 3 is 2.62 bits per heavy atom. The summed E-state index contributed by atoms with van der Waals surface area (Å²) in [5.74, 6) is -2.42. The van der Waals surface area contributed by atoms with Crippen molar-refractivity contribution in [2.75, 3.05) is 6.61 Å². The molecule has 1 N–H and O–H groups in total. The van der Waals surface area contributed by atoms with Crippen molar-refractivity contribution in [2.24, 2.45) is 5.92 Å². The molecule has 0 amide bonds. The molecule has 1 rings (SSSR count). The van der Waals surface area contributed by atoms with E-state index in [1.165, 1.54) is 6.92 Å². The zero-order valence-corrected chi connectivity index (χ0v) is 9.28. The van der Waals surface area contributed by atoms with Gasteiger partial charge in [0, 0.05) is 17.1 Å². The fourth-order valence-corrected chi connectivity index (χ4v) is 1.78. The van der Waals surface area contributed by atoms with Crippen molar-refractivity contribution < 1.29 is 24.2 Å². The molecule has 1 aliphatic rings. The van der Waals surface area contributed by atoms with Gasteiger partial charge in [-0.3, -0.25) is 9.59 Å². The van der Waals surface area contributed by atoms with Crippen molar-refractivity contribution in [3.63, 3.8) is 0 Å². The van der Waals surface area contributed by atoms with Crippen LogP contribution in [0, 0.1) is 5.92 Å². The van der Waals surface area contributed by atoms with Gasteiger partial charge in [-0.15, -0.1) is 0 Å². The van der Waals surface area contributed by atoms with Gasteiger partial charge in [0.25, 0.3) is 0 Å². The molecule has 5 nitrogen and oxygen atoms in total. The number of carboxylic acid groups (broad SMARTS) is 1. The summed E-state index contributed by atoms with van der Waals surface area (Å²) in [6, 6.07) is 0. The third-order valence-corrected chi connectivity index (χ3v) is 2.59. The minimum atomic E-state index is -1.03. The van der Waals surface area contributed by atoms with Gasteiger partial charge in [0.05, 0.1) is 13.0 Å². The predicted molar refractivity (Wildman–Crippen MR) is 54.7 cm³/mol. The van der Waals surface area contributed by atoms with Gasteiger partial charge < -0.3 is 9.84 Å². The van der Waals surface area contributed by atoms with Crippen molar-refractivity contribution in [3.05, 3.63) is 11.1 Å². The number of ether oxygens (including phenoxy) is 1. The number of carboxylic acids is 1. The van der Waals surface area contributed by atoms with Gasteiger partial charge in [0.15, 0.2) is 5.78 Å². The van der Waals surface area contributed by atoms with Crippen LogP contribution in [0.25, 0.3) is 0 Å². The number of carbonyl (C=O) groups is 3. The Morgan fingerprint density at radius 2 is 2.12 bits per heavy atom. The molecule has 1 aliphatic carbocycles. The topological polar surface area (TPSA) is 80.7 Å². The summed E-state index contributed by atoms with van der Waals surface area (Å²) in [6.45, 7) is 3.46. The Labute approximate surface area is 93.1 Å². The first-order valence-electron chi connectivity index (χ1n) is 5.10. The Morgan fingerprint density at radius 1 is 1.50 bits per heavy atom. The summed E-state index contributed by atoms with van der Waals surface area (Å²) in [4.78, 5) is 33.6. The summed E-state index contributed by atoms with van der Waals surface area (Å²) in [5.41, 5.74) is 0.655. The van der Waals surface area contributed by atoms with E-state index in [9.17, 15) is 14.4 Å². The van der Waals surface area contributed by atoms with E-state index in [1.54, 1.807) is 6.92 Å². The smallest absolute Gasteiger partial charge is 0.334 e. The lowest BCUT2D eigenvalue weighted by molar-refractivity contribution is -0.140. The van der Waals surface area contributed by atoms with Gasteiger partial charge in [-0.25, -0.2) is 4.79 Å². The SMILES string of the molecule is CCOC(=O)C1=C(C)C(=O)C(CC(=O)O)C1. The lowest BCUT2D eigenvalue weighted by Gasteiger charge is -2.05. The predicted octanol–water partition coefficient (Wildman–Crippen LogP) is 0.930. The van der Waals surface area contributed by atoms with E-state index in [2.05, 4.69) is 0 Å². The van der Waals surface area contributed by atoms with Gasteiger partial charge >= 0.3 is 11.9 Å². The normalized spacial score (nSPS) is 20.1. The summed E-state index contributed by atoms with van der Waals surface area (Å²) >= 11 is 0. The van der Waals surface area contributed by atoms with E-state index in [1.807, 2.05) is 0 Å². The zero-order valence-electron chi connectivity index (χ0n) is 9.28. The molecule has 5 heteroatoms. The van der Waals surface area contributed by atoms with E-state index in [0.29, 0.717) is 11.1 Å². The molecule has 0 aromatic rings. The van der Waals surface area contributed by atoms with E-state index in [4.69, 9.17) is 9.84 Å². The van der Waals surface area contributed by atoms with Crippen molar-refractivity contribution in [3.8, 4) is 0 Å². The van der Waals surface area contributed by atoms with E-state index < -0.39 is 17.9 Å². The van der Waals surface area contributed by atoms with E-state index >= 15 is 0 Å². The summed E-state index contributed by atoms with van der Waals surface area (Å²) in [7, 11) is 0. The van der Waals surface area contributed by atoms with E-state index in [0.717, 1.165) is 0 Å².